The highest BCUT2D eigenvalue weighted by atomic mass is 15.1. The Morgan fingerprint density at radius 1 is 1.20 bits per heavy atom. The van der Waals surface area contributed by atoms with E-state index < -0.39 is 0 Å². The van der Waals surface area contributed by atoms with Gasteiger partial charge in [0.15, 0.2) is 6.19 Å². The number of anilines is 3. The molecule has 1 aromatic carbocycles. The van der Waals surface area contributed by atoms with Crippen molar-refractivity contribution < 1.29 is 0 Å². The van der Waals surface area contributed by atoms with Gasteiger partial charge in [-0.3, -0.25) is 5.32 Å². The molecule has 0 aliphatic rings. The molecule has 0 atom stereocenters. The maximum absolute atomic E-state index is 8.60. The van der Waals surface area contributed by atoms with Crippen LogP contribution < -0.4 is 10.6 Å². The predicted octanol–water partition coefficient (Wildman–Crippen LogP) is 2.60. The third-order valence-electron chi connectivity index (χ3n) is 3.01. The summed E-state index contributed by atoms with van der Waals surface area (Å²) in [5.74, 6) is 1.10. The highest BCUT2D eigenvalue weighted by Crippen LogP contribution is 2.27. The molecule has 0 unspecified atom stereocenters. The first-order chi connectivity index (χ1) is 9.78. The number of nitrogens with one attached hydrogen (secondary N) is 2. The molecular formula is C14H12N6. The van der Waals surface area contributed by atoms with E-state index in [1.54, 1.807) is 6.07 Å². The molecular weight excluding hydrogens is 252 g/mol. The number of rotatable bonds is 3. The Bertz CT molecular complexity index is 799. The zero-order valence-electron chi connectivity index (χ0n) is 10.8. The van der Waals surface area contributed by atoms with Crippen molar-refractivity contribution in [3.05, 3.63) is 42.9 Å². The largest absolute Gasteiger partial charge is 0.348 e. The van der Waals surface area contributed by atoms with E-state index in [4.69, 9.17) is 5.26 Å². The predicted molar refractivity (Wildman–Crippen MR) is 77.5 cm³/mol. The van der Waals surface area contributed by atoms with E-state index in [2.05, 4.69) is 26.7 Å². The molecule has 0 amide bonds. The Kier molecular flexibility index (Phi) is 2.94. The zero-order chi connectivity index (χ0) is 13.9. The minimum absolute atomic E-state index is 0.463. The number of nitrogens with zero attached hydrogens (tertiary/aromatic N) is 4. The Morgan fingerprint density at radius 2 is 2.00 bits per heavy atom. The van der Waals surface area contributed by atoms with Gasteiger partial charge in [0.05, 0.1) is 5.69 Å². The van der Waals surface area contributed by atoms with E-state index >= 15 is 0 Å². The van der Waals surface area contributed by atoms with Crippen LogP contribution in [0.25, 0.3) is 10.9 Å². The van der Waals surface area contributed by atoms with Crippen molar-refractivity contribution >= 4 is 28.2 Å². The monoisotopic (exact) mass is 264 g/mol. The van der Waals surface area contributed by atoms with Gasteiger partial charge in [-0.05, 0) is 6.07 Å². The van der Waals surface area contributed by atoms with Crippen LogP contribution in [0.1, 0.15) is 0 Å². The van der Waals surface area contributed by atoms with Crippen LogP contribution >= 0.6 is 0 Å². The average Bonchev–Trinajstić information content (AvgIpc) is 2.77. The molecule has 20 heavy (non-hydrogen) atoms. The van der Waals surface area contributed by atoms with Gasteiger partial charge in [-0.15, -0.1) is 0 Å². The van der Waals surface area contributed by atoms with Gasteiger partial charge in [0.1, 0.15) is 18.0 Å². The highest BCUT2D eigenvalue weighted by Gasteiger charge is 2.07. The molecule has 0 radical (unpaired) electrons. The van der Waals surface area contributed by atoms with E-state index in [0.29, 0.717) is 11.6 Å². The summed E-state index contributed by atoms with van der Waals surface area (Å²) in [6.07, 6.45) is 5.25. The fourth-order valence-corrected chi connectivity index (χ4v) is 2.13. The summed E-state index contributed by atoms with van der Waals surface area (Å²) in [5.41, 5.74) is 2.10. The number of fused-ring (bicyclic) bond motifs is 1. The number of aromatic nitrogens is 3. The normalized spacial score (nSPS) is 10.2. The van der Waals surface area contributed by atoms with Crippen molar-refractivity contribution in [2.24, 2.45) is 7.05 Å². The van der Waals surface area contributed by atoms with Crippen LogP contribution in [0.4, 0.5) is 17.3 Å². The zero-order valence-corrected chi connectivity index (χ0v) is 10.8. The number of hydrogen-bond donors (Lipinski definition) is 2. The molecule has 0 fully saturated rings. The number of hydrogen-bond acceptors (Lipinski definition) is 5. The fraction of sp³-hybridized carbons (Fsp3) is 0.0714. The van der Waals surface area contributed by atoms with Gasteiger partial charge in [0, 0.05) is 30.2 Å². The Labute approximate surface area is 115 Å². The summed E-state index contributed by atoms with van der Waals surface area (Å²) < 4.78 is 2.05. The van der Waals surface area contributed by atoms with E-state index in [9.17, 15) is 0 Å². The molecule has 6 nitrogen and oxygen atoms in total. The second-order valence-corrected chi connectivity index (χ2v) is 4.32. The molecule has 98 valence electrons. The van der Waals surface area contributed by atoms with Crippen LogP contribution in [0, 0.1) is 11.5 Å². The summed E-state index contributed by atoms with van der Waals surface area (Å²) in [6, 6.07) is 9.79. The lowest BCUT2D eigenvalue weighted by atomic mass is 10.2. The molecule has 0 aliphatic heterocycles. The Hall–Kier alpha value is -3.07. The van der Waals surface area contributed by atoms with Gasteiger partial charge in [-0.1, -0.05) is 18.2 Å². The molecule has 6 heteroatoms. The van der Waals surface area contributed by atoms with Crippen molar-refractivity contribution in [3.8, 4) is 6.19 Å². The van der Waals surface area contributed by atoms with Crippen LogP contribution in [-0.2, 0) is 7.05 Å². The smallest absolute Gasteiger partial charge is 0.182 e. The first-order valence-electron chi connectivity index (χ1n) is 6.06. The summed E-state index contributed by atoms with van der Waals surface area (Å²) in [5, 5.41) is 15.4. The number of aryl methyl sites for hydroxylation is 1. The maximum Gasteiger partial charge on any atom is 0.182 e. The first-order valence-corrected chi connectivity index (χ1v) is 6.06. The summed E-state index contributed by atoms with van der Waals surface area (Å²) >= 11 is 0. The van der Waals surface area contributed by atoms with Gasteiger partial charge in [-0.2, -0.15) is 5.26 Å². The van der Waals surface area contributed by atoms with Crippen LogP contribution in [0.3, 0.4) is 0 Å². The second kappa shape index (κ2) is 4.90. The SMILES string of the molecule is Cn1cc(Nc2cc(NC#N)ncn2)c2ccccc21. The molecule has 0 saturated carbocycles. The minimum atomic E-state index is 0.463. The Balaban J connectivity index is 1.97. The molecule has 3 aromatic rings. The number of para-hydroxylation sites is 1. The van der Waals surface area contributed by atoms with E-state index in [1.807, 2.05) is 42.2 Å². The first kappa shape index (κ1) is 12.0. The molecule has 2 aromatic heterocycles. The van der Waals surface area contributed by atoms with Crippen molar-refractivity contribution in [3.63, 3.8) is 0 Å². The van der Waals surface area contributed by atoms with Crippen LogP contribution in [0.5, 0.6) is 0 Å². The molecule has 2 N–H and O–H groups in total. The lowest BCUT2D eigenvalue weighted by Crippen LogP contribution is -1.97. The molecule has 0 saturated heterocycles. The third kappa shape index (κ3) is 2.12. The standard InChI is InChI=1S/C14H12N6/c1-20-7-11(10-4-2-3-5-12(10)20)19-14-6-13(16-8-15)17-9-18-14/h2-7,9H,1H3,(H2,16,17,18,19). The molecule has 0 spiro atoms. The summed E-state index contributed by atoms with van der Waals surface area (Å²) in [7, 11) is 2.00. The summed E-state index contributed by atoms with van der Waals surface area (Å²) in [6.45, 7) is 0. The summed E-state index contributed by atoms with van der Waals surface area (Å²) in [4.78, 5) is 8.10. The van der Waals surface area contributed by atoms with Gasteiger partial charge in [0.2, 0.25) is 0 Å². The molecule has 2 heterocycles. The van der Waals surface area contributed by atoms with E-state index in [-0.39, 0.29) is 0 Å². The van der Waals surface area contributed by atoms with Gasteiger partial charge < -0.3 is 9.88 Å². The van der Waals surface area contributed by atoms with E-state index in [0.717, 1.165) is 16.6 Å². The number of nitriles is 1. The van der Waals surface area contributed by atoms with Crippen LogP contribution in [0.15, 0.2) is 42.9 Å². The lowest BCUT2D eigenvalue weighted by Gasteiger charge is -2.04. The van der Waals surface area contributed by atoms with Crippen molar-refractivity contribution in [1.82, 2.24) is 14.5 Å². The quantitative estimate of drug-likeness (QED) is 0.561. The lowest BCUT2D eigenvalue weighted by molar-refractivity contribution is 0.970. The molecule has 0 aliphatic carbocycles. The topological polar surface area (TPSA) is 78.6 Å². The average molecular weight is 264 g/mol. The van der Waals surface area contributed by atoms with Crippen LogP contribution in [-0.4, -0.2) is 14.5 Å². The fourth-order valence-electron chi connectivity index (χ4n) is 2.13. The molecule has 3 rings (SSSR count). The molecule has 0 bridgehead atoms. The van der Waals surface area contributed by atoms with Crippen molar-refractivity contribution in [2.45, 2.75) is 0 Å². The van der Waals surface area contributed by atoms with E-state index in [1.165, 1.54) is 6.33 Å². The second-order valence-electron chi connectivity index (χ2n) is 4.32. The minimum Gasteiger partial charge on any atom is -0.348 e. The van der Waals surface area contributed by atoms with Crippen LogP contribution in [0.2, 0.25) is 0 Å². The van der Waals surface area contributed by atoms with Gasteiger partial charge >= 0.3 is 0 Å². The Morgan fingerprint density at radius 3 is 2.85 bits per heavy atom. The highest BCUT2D eigenvalue weighted by molar-refractivity contribution is 5.94. The van der Waals surface area contributed by atoms with Crippen molar-refractivity contribution in [2.75, 3.05) is 10.6 Å². The van der Waals surface area contributed by atoms with Crippen molar-refractivity contribution in [1.29, 1.82) is 5.26 Å². The number of benzene rings is 1. The maximum atomic E-state index is 8.60. The third-order valence-corrected chi connectivity index (χ3v) is 3.01. The van der Waals surface area contributed by atoms with Gasteiger partial charge in [0.25, 0.3) is 0 Å². The van der Waals surface area contributed by atoms with Gasteiger partial charge in [-0.25, -0.2) is 9.97 Å².